The molecule has 0 saturated carbocycles. The Kier molecular flexibility index (Phi) is 8.74. The molecule has 0 aliphatic carbocycles. The number of aromatic nitrogens is 3. The average molecular weight is 605 g/mol. The van der Waals surface area contributed by atoms with Crippen LogP contribution in [0, 0.1) is 6.92 Å². The van der Waals surface area contributed by atoms with Crippen molar-refractivity contribution in [3.8, 4) is 17.2 Å². The maximum absolute atomic E-state index is 13.2. The molecular formula is C35H36N6O4. The Bertz CT molecular complexity index is 1870. The highest BCUT2D eigenvalue weighted by molar-refractivity contribution is 5.94. The number of rotatable bonds is 9. The maximum atomic E-state index is 13.2. The third kappa shape index (κ3) is 6.51. The third-order valence-corrected chi connectivity index (χ3v) is 8.12. The lowest BCUT2D eigenvalue weighted by Gasteiger charge is -2.35. The maximum Gasteiger partial charge on any atom is 0.256 e. The number of ether oxygens (including phenoxy) is 2. The molecule has 2 aromatic heterocycles. The number of hydrogen-bond donors (Lipinski definition) is 1. The van der Waals surface area contributed by atoms with Gasteiger partial charge in [0.05, 0.1) is 25.6 Å². The Morgan fingerprint density at radius 1 is 0.822 bits per heavy atom. The molecule has 10 nitrogen and oxygen atoms in total. The summed E-state index contributed by atoms with van der Waals surface area (Å²) in [4.78, 5) is 40.5. The van der Waals surface area contributed by atoms with Crippen molar-refractivity contribution >= 4 is 22.9 Å². The van der Waals surface area contributed by atoms with Gasteiger partial charge in [-0.1, -0.05) is 36.4 Å². The molecule has 1 saturated heterocycles. The minimum atomic E-state index is -0.228. The topological polar surface area (TPSA) is 102 Å². The molecule has 3 aromatic carbocycles. The summed E-state index contributed by atoms with van der Waals surface area (Å²) in [6.07, 6.45) is 0. The molecule has 0 spiro atoms. The summed E-state index contributed by atoms with van der Waals surface area (Å²) < 4.78 is 12.2. The van der Waals surface area contributed by atoms with Gasteiger partial charge in [0, 0.05) is 56.3 Å². The van der Waals surface area contributed by atoms with E-state index in [0.29, 0.717) is 40.9 Å². The first-order chi connectivity index (χ1) is 21.9. The number of methoxy groups -OCH3 is 2. The standard InChI is InChI=1S/C35H36N6O4/c1-24-29-14-16-32(42)41(33(29)38-35(37-24)40-19-17-39(18-20-40)23-25-7-5-4-6-8-25)28-12-10-27(11-13-28)34(43)36-22-26-9-15-30(44-2)31(21-26)45-3/h4-16,21H,17-20,22-23H2,1-3H3,(H,36,43). The van der Waals surface area contributed by atoms with Gasteiger partial charge in [0.1, 0.15) is 0 Å². The van der Waals surface area contributed by atoms with Gasteiger partial charge in [0.25, 0.3) is 11.5 Å². The molecule has 1 aliphatic rings. The van der Waals surface area contributed by atoms with E-state index in [4.69, 9.17) is 19.4 Å². The highest BCUT2D eigenvalue weighted by Crippen LogP contribution is 2.27. The molecule has 230 valence electrons. The Hall–Kier alpha value is -5.22. The van der Waals surface area contributed by atoms with Crippen molar-refractivity contribution in [1.29, 1.82) is 0 Å². The minimum absolute atomic E-state index is 0.204. The zero-order chi connectivity index (χ0) is 31.3. The molecule has 0 atom stereocenters. The van der Waals surface area contributed by atoms with Crippen LogP contribution in [-0.4, -0.2) is 65.7 Å². The molecule has 1 aliphatic heterocycles. The summed E-state index contributed by atoms with van der Waals surface area (Å²) in [5, 5.41) is 3.74. The summed E-state index contributed by atoms with van der Waals surface area (Å²) >= 11 is 0. The van der Waals surface area contributed by atoms with Crippen LogP contribution in [0.5, 0.6) is 11.5 Å². The Balaban J connectivity index is 1.19. The van der Waals surface area contributed by atoms with Crippen LogP contribution in [0.25, 0.3) is 16.7 Å². The van der Waals surface area contributed by atoms with Crippen LogP contribution in [0.2, 0.25) is 0 Å². The van der Waals surface area contributed by atoms with Gasteiger partial charge < -0.3 is 19.7 Å². The largest absolute Gasteiger partial charge is 0.493 e. The molecule has 1 amide bonds. The molecule has 0 radical (unpaired) electrons. The lowest BCUT2D eigenvalue weighted by atomic mass is 10.1. The smallest absolute Gasteiger partial charge is 0.256 e. The summed E-state index contributed by atoms with van der Waals surface area (Å²) in [7, 11) is 3.16. The first-order valence-corrected chi connectivity index (χ1v) is 14.9. The van der Waals surface area contributed by atoms with E-state index in [2.05, 4.69) is 39.4 Å². The highest BCUT2D eigenvalue weighted by atomic mass is 16.5. The molecule has 6 rings (SSSR count). The lowest BCUT2D eigenvalue weighted by Crippen LogP contribution is -2.46. The van der Waals surface area contributed by atoms with E-state index in [9.17, 15) is 9.59 Å². The van der Waals surface area contributed by atoms with Gasteiger partial charge in [0.15, 0.2) is 17.1 Å². The number of fused-ring (bicyclic) bond motifs is 1. The summed E-state index contributed by atoms with van der Waals surface area (Å²) in [5.74, 6) is 1.61. The average Bonchev–Trinajstić information content (AvgIpc) is 3.07. The number of anilines is 1. The van der Waals surface area contributed by atoms with Crippen molar-refractivity contribution in [2.24, 2.45) is 0 Å². The van der Waals surface area contributed by atoms with Crippen LogP contribution in [-0.2, 0) is 13.1 Å². The van der Waals surface area contributed by atoms with Crippen LogP contribution in [0.15, 0.2) is 89.7 Å². The monoisotopic (exact) mass is 604 g/mol. The van der Waals surface area contributed by atoms with Crippen LogP contribution >= 0.6 is 0 Å². The number of aryl methyl sites for hydroxylation is 1. The molecule has 0 bridgehead atoms. The van der Waals surface area contributed by atoms with E-state index in [1.165, 1.54) is 11.6 Å². The van der Waals surface area contributed by atoms with Crippen LogP contribution in [0.1, 0.15) is 27.2 Å². The number of amides is 1. The molecule has 0 unspecified atom stereocenters. The van der Waals surface area contributed by atoms with Crippen LogP contribution < -0.4 is 25.2 Å². The van der Waals surface area contributed by atoms with Crippen molar-refractivity contribution in [2.75, 3.05) is 45.3 Å². The predicted molar refractivity (Wildman–Crippen MR) is 175 cm³/mol. The fourth-order valence-electron chi connectivity index (χ4n) is 5.63. The van der Waals surface area contributed by atoms with Crippen molar-refractivity contribution < 1.29 is 14.3 Å². The second kappa shape index (κ2) is 13.2. The number of carbonyl (C=O) groups excluding carboxylic acids is 1. The van der Waals surface area contributed by atoms with Crippen molar-refractivity contribution in [1.82, 2.24) is 24.8 Å². The van der Waals surface area contributed by atoms with E-state index < -0.39 is 0 Å². The number of nitrogens with zero attached hydrogens (tertiary/aromatic N) is 5. The first-order valence-electron chi connectivity index (χ1n) is 14.9. The van der Waals surface area contributed by atoms with Gasteiger partial charge in [-0.25, -0.2) is 4.98 Å². The van der Waals surface area contributed by atoms with Gasteiger partial charge in [-0.15, -0.1) is 0 Å². The van der Waals surface area contributed by atoms with E-state index in [1.54, 1.807) is 55.2 Å². The van der Waals surface area contributed by atoms with Gasteiger partial charge in [-0.05, 0) is 60.5 Å². The Morgan fingerprint density at radius 2 is 1.56 bits per heavy atom. The van der Waals surface area contributed by atoms with E-state index >= 15 is 0 Å². The molecule has 10 heteroatoms. The van der Waals surface area contributed by atoms with Gasteiger partial charge in [-0.3, -0.25) is 19.1 Å². The zero-order valence-electron chi connectivity index (χ0n) is 25.7. The van der Waals surface area contributed by atoms with E-state index in [0.717, 1.165) is 49.4 Å². The fraction of sp³-hybridized carbons (Fsp3) is 0.257. The molecule has 45 heavy (non-hydrogen) atoms. The Morgan fingerprint density at radius 3 is 2.27 bits per heavy atom. The molecule has 5 aromatic rings. The molecule has 3 heterocycles. The quantitative estimate of drug-likeness (QED) is 0.265. The number of carbonyl (C=O) groups is 1. The molecule has 1 N–H and O–H groups in total. The van der Waals surface area contributed by atoms with Gasteiger partial charge in [0.2, 0.25) is 5.95 Å². The number of nitrogens with one attached hydrogen (secondary N) is 1. The Labute approximate surface area is 261 Å². The second-order valence-corrected chi connectivity index (χ2v) is 11.0. The summed E-state index contributed by atoms with van der Waals surface area (Å²) in [6, 6.07) is 26.3. The number of hydrogen-bond acceptors (Lipinski definition) is 8. The normalized spacial score (nSPS) is 13.5. The summed E-state index contributed by atoms with van der Waals surface area (Å²) in [6.45, 7) is 6.56. The first kappa shape index (κ1) is 29.8. The number of benzene rings is 3. The predicted octanol–water partition coefficient (Wildman–Crippen LogP) is 4.36. The van der Waals surface area contributed by atoms with E-state index in [1.807, 2.05) is 25.1 Å². The summed E-state index contributed by atoms with van der Waals surface area (Å²) in [5.41, 5.74) is 4.43. The SMILES string of the molecule is COc1ccc(CNC(=O)c2ccc(-n3c(=O)ccc4c(C)nc(N5CCN(Cc6ccccc6)CC5)nc43)cc2)cc1OC. The minimum Gasteiger partial charge on any atom is -0.493 e. The molecular weight excluding hydrogens is 568 g/mol. The third-order valence-electron chi connectivity index (χ3n) is 8.12. The molecule has 1 fully saturated rings. The van der Waals surface area contributed by atoms with Gasteiger partial charge in [-0.2, -0.15) is 4.98 Å². The second-order valence-electron chi connectivity index (χ2n) is 11.0. The zero-order valence-corrected chi connectivity index (χ0v) is 25.7. The number of pyridine rings is 1. The van der Waals surface area contributed by atoms with Crippen molar-refractivity contribution in [3.63, 3.8) is 0 Å². The van der Waals surface area contributed by atoms with Crippen molar-refractivity contribution in [3.05, 3.63) is 118 Å². The highest BCUT2D eigenvalue weighted by Gasteiger charge is 2.21. The fourth-order valence-corrected chi connectivity index (χ4v) is 5.63. The van der Waals surface area contributed by atoms with Gasteiger partial charge >= 0.3 is 0 Å². The van der Waals surface area contributed by atoms with Crippen LogP contribution in [0.4, 0.5) is 5.95 Å². The lowest BCUT2D eigenvalue weighted by molar-refractivity contribution is 0.0951. The van der Waals surface area contributed by atoms with Crippen LogP contribution in [0.3, 0.4) is 0 Å². The van der Waals surface area contributed by atoms with E-state index in [-0.39, 0.29) is 11.5 Å². The van der Waals surface area contributed by atoms with Crippen molar-refractivity contribution in [2.45, 2.75) is 20.0 Å². The number of piperazine rings is 1.